The Morgan fingerprint density at radius 1 is 1.25 bits per heavy atom. The molecule has 0 radical (unpaired) electrons. The molecule has 1 aromatic carbocycles. The summed E-state index contributed by atoms with van der Waals surface area (Å²) in [6.07, 6.45) is 4.59. The molecule has 1 N–H and O–H groups in total. The molecule has 0 fully saturated rings. The number of rotatable bonds is 7. The summed E-state index contributed by atoms with van der Waals surface area (Å²) in [4.78, 5) is 14.2. The highest BCUT2D eigenvalue weighted by Gasteiger charge is 2.15. The van der Waals surface area contributed by atoms with E-state index in [2.05, 4.69) is 21.6 Å². The lowest BCUT2D eigenvalue weighted by molar-refractivity contribution is 0.204. The molecule has 0 saturated heterocycles. The standard InChI is InChI=1S/C21H28N6O/c1-16-13-17(2)26(24-16)12-8-11-25(4)21(28)23-18(3)19-14-22-27(15-19)20-9-6-5-7-10-20/h5-7,9-10,13-15,18H,8,11-12H2,1-4H3,(H,23,28)/t18-/m1/s1. The molecule has 0 unspecified atom stereocenters. The van der Waals surface area contributed by atoms with Crippen molar-refractivity contribution in [3.63, 3.8) is 0 Å². The summed E-state index contributed by atoms with van der Waals surface area (Å²) in [6.45, 7) is 7.48. The highest BCUT2D eigenvalue weighted by atomic mass is 16.2. The van der Waals surface area contributed by atoms with Crippen molar-refractivity contribution in [2.24, 2.45) is 0 Å². The van der Waals surface area contributed by atoms with Crippen molar-refractivity contribution in [3.8, 4) is 5.69 Å². The average Bonchev–Trinajstić information content (AvgIpc) is 3.29. The second kappa shape index (κ2) is 8.73. The van der Waals surface area contributed by atoms with Crippen molar-refractivity contribution < 1.29 is 4.79 Å². The average molecular weight is 380 g/mol. The SMILES string of the molecule is Cc1cc(C)n(CCCN(C)C(=O)N[C@H](C)c2cnn(-c3ccccc3)c2)n1. The van der Waals surface area contributed by atoms with Gasteiger partial charge in [-0.25, -0.2) is 9.48 Å². The smallest absolute Gasteiger partial charge is 0.317 e. The van der Waals surface area contributed by atoms with E-state index in [4.69, 9.17) is 0 Å². The summed E-state index contributed by atoms with van der Waals surface area (Å²) in [5, 5.41) is 11.9. The van der Waals surface area contributed by atoms with E-state index in [0.29, 0.717) is 6.54 Å². The quantitative estimate of drug-likeness (QED) is 0.682. The molecular weight excluding hydrogens is 352 g/mol. The molecule has 0 aliphatic rings. The van der Waals surface area contributed by atoms with Crippen LogP contribution in [0.2, 0.25) is 0 Å². The highest BCUT2D eigenvalue weighted by molar-refractivity contribution is 5.74. The van der Waals surface area contributed by atoms with Gasteiger partial charge in [0.2, 0.25) is 0 Å². The lowest BCUT2D eigenvalue weighted by atomic mass is 10.2. The van der Waals surface area contributed by atoms with Crippen LogP contribution in [0.15, 0.2) is 48.8 Å². The second-order valence-corrected chi connectivity index (χ2v) is 7.15. The van der Waals surface area contributed by atoms with Crippen molar-refractivity contribution in [1.82, 2.24) is 29.8 Å². The summed E-state index contributed by atoms with van der Waals surface area (Å²) >= 11 is 0. The van der Waals surface area contributed by atoms with Gasteiger partial charge in [0.05, 0.1) is 23.6 Å². The zero-order valence-corrected chi connectivity index (χ0v) is 17.0. The maximum atomic E-state index is 12.5. The van der Waals surface area contributed by atoms with Crippen molar-refractivity contribution in [3.05, 3.63) is 65.7 Å². The first-order valence-corrected chi connectivity index (χ1v) is 9.56. The number of nitrogens with zero attached hydrogens (tertiary/aromatic N) is 5. The third-order valence-corrected chi connectivity index (χ3v) is 4.78. The lowest BCUT2D eigenvalue weighted by Gasteiger charge is -2.21. The van der Waals surface area contributed by atoms with Crippen molar-refractivity contribution in [2.75, 3.05) is 13.6 Å². The molecule has 0 bridgehead atoms. The molecule has 0 saturated carbocycles. The van der Waals surface area contributed by atoms with Gasteiger partial charge in [0, 0.05) is 37.6 Å². The molecule has 2 aromatic heterocycles. The summed E-state index contributed by atoms with van der Waals surface area (Å²) < 4.78 is 3.80. The van der Waals surface area contributed by atoms with Gasteiger partial charge in [-0.3, -0.25) is 4.68 Å². The van der Waals surface area contributed by atoms with E-state index >= 15 is 0 Å². The maximum Gasteiger partial charge on any atom is 0.317 e. The molecular formula is C21H28N6O. The van der Waals surface area contributed by atoms with Gasteiger partial charge >= 0.3 is 6.03 Å². The Morgan fingerprint density at radius 2 is 2.00 bits per heavy atom. The molecule has 2 amide bonds. The van der Waals surface area contributed by atoms with Gasteiger partial charge in [0.15, 0.2) is 0 Å². The van der Waals surface area contributed by atoms with Crippen LogP contribution in [0.3, 0.4) is 0 Å². The minimum Gasteiger partial charge on any atom is -0.331 e. The van der Waals surface area contributed by atoms with Crippen LogP contribution in [0.25, 0.3) is 5.69 Å². The molecule has 3 aromatic rings. The van der Waals surface area contributed by atoms with Crippen molar-refractivity contribution >= 4 is 6.03 Å². The van der Waals surface area contributed by atoms with Gasteiger partial charge in [-0.05, 0) is 45.4 Å². The van der Waals surface area contributed by atoms with E-state index < -0.39 is 0 Å². The summed E-state index contributed by atoms with van der Waals surface area (Å²) in [7, 11) is 1.82. The number of benzene rings is 1. The van der Waals surface area contributed by atoms with E-state index in [9.17, 15) is 4.79 Å². The molecule has 0 spiro atoms. The zero-order valence-electron chi connectivity index (χ0n) is 17.0. The molecule has 3 rings (SSSR count). The maximum absolute atomic E-state index is 12.5. The largest absolute Gasteiger partial charge is 0.331 e. The van der Waals surface area contributed by atoms with E-state index in [1.807, 2.05) is 73.7 Å². The number of amides is 2. The predicted octanol–water partition coefficient (Wildman–Crippen LogP) is 3.48. The Labute approximate surface area is 166 Å². The van der Waals surface area contributed by atoms with Gasteiger partial charge in [-0.15, -0.1) is 0 Å². The summed E-state index contributed by atoms with van der Waals surface area (Å²) in [6, 6.07) is 11.8. The predicted molar refractivity (Wildman–Crippen MR) is 109 cm³/mol. The third-order valence-electron chi connectivity index (χ3n) is 4.78. The normalized spacial score (nSPS) is 12.0. The Balaban J connectivity index is 1.49. The van der Waals surface area contributed by atoms with E-state index in [1.54, 1.807) is 11.1 Å². The number of para-hydroxylation sites is 1. The van der Waals surface area contributed by atoms with Crippen LogP contribution in [0.5, 0.6) is 0 Å². The number of hydrogen-bond donors (Lipinski definition) is 1. The number of aromatic nitrogens is 4. The highest BCUT2D eigenvalue weighted by Crippen LogP contribution is 2.14. The minimum absolute atomic E-state index is 0.0895. The molecule has 0 aliphatic carbocycles. The Hall–Kier alpha value is -3.09. The molecule has 2 heterocycles. The molecule has 1 atom stereocenters. The first-order valence-electron chi connectivity index (χ1n) is 9.56. The number of carbonyl (C=O) groups is 1. The number of hydrogen-bond acceptors (Lipinski definition) is 3. The fraction of sp³-hybridized carbons (Fsp3) is 0.381. The molecule has 7 nitrogen and oxygen atoms in total. The van der Waals surface area contributed by atoms with Crippen LogP contribution < -0.4 is 5.32 Å². The number of aryl methyl sites for hydroxylation is 3. The van der Waals surface area contributed by atoms with Crippen LogP contribution in [0, 0.1) is 13.8 Å². The number of carbonyl (C=O) groups excluding carboxylic acids is 1. The van der Waals surface area contributed by atoms with Gasteiger partial charge < -0.3 is 10.2 Å². The van der Waals surface area contributed by atoms with Crippen molar-refractivity contribution in [1.29, 1.82) is 0 Å². The molecule has 7 heteroatoms. The fourth-order valence-corrected chi connectivity index (χ4v) is 3.12. The minimum atomic E-state index is -0.122. The first-order chi connectivity index (χ1) is 13.4. The van der Waals surface area contributed by atoms with Crippen LogP contribution >= 0.6 is 0 Å². The third kappa shape index (κ3) is 4.79. The van der Waals surface area contributed by atoms with E-state index in [1.165, 1.54) is 0 Å². The van der Waals surface area contributed by atoms with Gasteiger partial charge in [0.25, 0.3) is 0 Å². The van der Waals surface area contributed by atoms with E-state index in [0.717, 1.165) is 35.6 Å². The molecule has 148 valence electrons. The Bertz CT molecular complexity index is 914. The van der Waals surface area contributed by atoms with Crippen molar-refractivity contribution in [2.45, 2.75) is 39.8 Å². The Morgan fingerprint density at radius 3 is 2.68 bits per heavy atom. The van der Waals surface area contributed by atoms with E-state index in [-0.39, 0.29) is 12.1 Å². The van der Waals surface area contributed by atoms with Gasteiger partial charge in [-0.1, -0.05) is 18.2 Å². The molecule has 28 heavy (non-hydrogen) atoms. The van der Waals surface area contributed by atoms with Crippen LogP contribution in [-0.2, 0) is 6.54 Å². The number of nitrogens with one attached hydrogen (secondary N) is 1. The second-order valence-electron chi connectivity index (χ2n) is 7.15. The van der Waals surface area contributed by atoms with Crippen LogP contribution in [-0.4, -0.2) is 44.1 Å². The first kappa shape index (κ1) is 19.7. The van der Waals surface area contributed by atoms with Gasteiger partial charge in [0.1, 0.15) is 0 Å². The van der Waals surface area contributed by atoms with Crippen LogP contribution in [0.1, 0.15) is 36.3 Å². The zero-order chi connectivity index (χ0) is 20.1. The summed E-state index contributed by atoms with van der Waals surface area (Å²) in [5.74, 6) is 0. The Kier molecular flexibility index (Phi) is 6.13. The van der Waals surface area contributed by atoms with Gasteiger partial charge in [-0.2, -0.15) is 10.2 Å². The van der Waals surface area contributed by atoms with Crippen LogP contribution in [0.4, 0.5) is 4.79 Å². The summed E-state index contributed by atoms with van der Waals surface area (Å²) in [5.41, 5.74) is 4.13. The topological polar surface area (TPSA) is 68.0 Å². The fourth-order valence-electron chi connectivity index (χ4n) is 3.12. The monoisotopic (exact) mass is 380 g/mol. The lowest BCUT2D eigenvalue weighted by Crippen LogP contribution is -2.39. The number of urea groups is 1. The molecule has 0 aliphatic heterocycles.